The van der Waals surface area contributed by atoms with Crippen molar-refractivity contribution in [3.8, 4) is 0 Å². The van der Waals surface area contributed by atoms with Crippen LogP contribution in [0.5, 0.6) is 0 Å². The maximum Gasteiger partial charge on any atom is 0.133 e. The molecule has 0 aliphatic carbocycles. The third kappa shape index (κ3) is 3.46. The van der Waals surface area contributed by atoms with Crippen molar-refractivity contribution in [2.45, 2.75) is 12.5 Å². The lowest BCUT2D eigenvalue weighted by Gasteiger charge is -2.09. The smallest absolute Gasteiger partial charge is 0.133 e. The molecule has 0 saturated carbocycles. The highest BCUT2D eigenvalue weighted by atomic mass is 35.5. The van der Waals surface area contributed by atoms with Crippen LogP contribution in [0.3, 0.4) is 0 Å². The largest absolute Gasteiger partial charge is 0.324 e. The molecule has 0 unspecified atom stereocenters. The van der Waals surface area contributed by atoms with Crippen molar-refractivity contribution in [2.24, 2.45) is 5.73 Å². The lowest BCUT2D eigenvalue weighted by molar-refractivity contribution is 0.441. The second-order valence-electron chi connectivity index (χ2n) is 2.47. The van der Waals surface area contributed by atoms with E-state index in [1.54, 1.807) is 18.3 Å². The topological polar surface area (TPSA) is 38.9 Å². The number of hydrogen-bond acceptors (Lipinski definition) is 2. The van der Waals surface area contributed by atoms with Gasteiger partial charge in [-0.05, 0) is 12.5 Å². The first-order valence-corrected chi connectivity index (χ1v) is 4.05. The second kappa shape index (κ2) is 6.13. The SMILES string of the molecule is Cl.N[C@@H](CCF)c1cccnc1Cl. The Morgan fingerprint density at radius 2 is 2.31 bits per heavy atom. The van der Waals surface area contributed by atoms with Crippen molar-refractivity contribution in [3.63, 3.8) is 0 Å². The van der Waals surface area contributed by atoms with Gasteiger partial charge in [0.05, 0.1) is 6.67 Å². The molecule has 1 aromatic heterocycles. The summed E-state index contributed by atoms with van der Waals surface area (Å²) in [5, 5.41) is 0.360. The van der Waals surface area contributed by atoms with Gasteiger partial charge in [0, 0.05) is 17.8 Å². The van der Waals surface area contributed by atoms with E-state index in [0.717, 1.165) is 0 Å². The van der Waals surface area contributed by atoms with E-state index in [1.165, 1.54) is 0 Å². The summed E-state index contributed by atoms with van der Waals surface area (Å²) in [7, 11) is 0. The number of pyridine rings is 1. The van der Waals surface area contributed by atoms with Gasteiger partial charge in [0.1, 0.15) is 5.15 Å². The van der Waals surface area contributed by atoms with Crippen LogP contribution in [0.4, 0.5) is 4.39 Å². The van der Waals surface area contributed by atoms with Crippen LogP contribution >= 0.6 is 24.0 Å². The zero-order chi connectivity index (χ0) is 8.97. The molecule has 0 aromatic carbocycles. The third-order valence-electron chi connectivity index (χ3n) is 1.61. The number of aromatic nitrogens is 1. The number of nitrogens with zero attached hydrogens (tertiary/aromatic N) is 1. The molecule has 0 spiro atoms. The van der Waals surface area contributed by atoms with Crippen LogP contribution < -0.4 is 5.73 Å². The minimum Gasteiger partial charge on any atom is -0.324 e. The van der Waals surface area contributed by atoms with E-state index in [1.807, 2.05) is 0 Å². The monoisotopic (exact) mass is 224 g/mol. The Morgan fingerprint density at radius 3 is 2.85 bits per heavy atom. The van der Waals surface area contributed by atoms with E-state index >= 15 is 0 Å². The van der Waals surface area contributed by atoms with Gasteiger partial charge in [0.25, 0.3) is 0 Å². The van der Waals surface area contributed by atoms with Crippen LogP contribution in [0, 0.1) is 0 Å². The standard InChI is InChI=1S/C8H10ClFN2.ClH/c9-8-6(2-1-5-12-8)7(11)3-4-10;/h1-2,5,7H,3-4,11H2;1H/t7-;/m0./s1. The molecule has 1 aromatic rings. The van der Waals surface area contributed by atoms with Gasteiger partial charge in [0.15, 0.2) is 0 Å². The first-order valence-electron chi connectivity index (χ1n) is 3.67. The number of rotatable bonds is 3. The fourth-order valence-corrected chi connectivity index (χ4v) is 1.21. The van der Waals surface area contributed by atoms with Crippen molar-refractivity contribution >= 4 is 24.0 Å². The quantitative estimate of drug-likeness (QED) is 0.802. The highest BCUT2D eigenvalue weighted by Gasteiger charge is 2.09. The minimum atomic E-state index is -0.438. The molecule has 1 heterocycles. The van der Waals surface area contributed by atoms with E-state index in [-0.39, 0.29) is 24.9 Å². The lowest BCUT2D eigenvalue weighted by atomic mass is 10.1. The molecule has 0 saturated heterocycles. The van der Waals surface area contributed by atoms with Gasteiger partial charge < -0.3 is 5.73 Å². The molecule has 1 rings (SSSR count). The van der Waals surface area contributed by atoms with Gasteiger partial charge in [-0.2, -0.15) is 0 Å². The zero-order valence-corrected chi connectivity index (χ0v) is 8.48. The van der Waals surface area contributed by atoms with Crippen LogP contribution in [0.15, 0.2) is 18.3 Å². The first kappa shape index (κ1) is 12.6. The molecular formula is C8H11Cl2FN2. The predicted octanol–water partition coefficient (Wildman–Crippen LogP) is 2.52. The lowest BCUT2D eigenvalue weighted by Crippen LogP contribution is -2.11. The molecule has 2 nitrogen and oxygen atoms in total. The maximum absolute atomic E-state index is 11.9. The fraction of sp³-hybridized carbons (Fsp3) is 0.375. The number of halogens is 3. The third-order valence-corrected chi connectivity index (χ3v) is 1.92. The van der Waals surface area contributed by atoms with Crippen LogP contribution in [-0.4, -0.2) is 11.7 Å². The molecule has 0 bridgehead atoms. The summed E-state index contributed by atoms with van der Waals surface area (Å²) >= 11 is 5.74. The average Bonchev–Trinajstić information content (AvgIpc) is 2.05. The number of hydrogen-bond donors (Lipinski definition) is 1. The molecular weight excluding hydrogens is 214 g/mol. The molecule has 2 N–H and O–H groups in total. The Morgan fingerprint density at radius 1 is 1.62 bits per heavy atom. The summed E-state index contributed by atoms with van der Waals surface area (Å²) in [5.74, 6) is 0. The van der Waals surface area contributed by atoms with Crippen molar-refractivity contribution in [2.75, 3.05) is 6.67 Å². The Balaban J connectivity index is 0.00000144. The van der Waals surface area contributed by atoms with Gasteiger partial charge in [-0.25, -0.2) is 4.98 Å². The van der Waals surface area contributed by atoms with Gasteiger partial charge in [0.2, 0.25) is 0 Å². The van der Waals surface area contributed by atoms with Crippen LogP contribution in [0.25, 0.3) is 0 Å². The predicted molar refractivity (Wildman–Crippen MR) is 54.0 cm³/mol. The molecule has 0 fully saturated rings. The Bertz CT molecular complexity index is 258. The van der Waals surface area contributed by atoms with E-state index in [2.05, 4.69) is 4.98 Å². The van der Waals surface area contributed by atoms with Crippen LogP contribution in [0.1, 0.15) is 18.0 Å². The maximum atomic E-state index is 11.9. The Labute approximate surface area is 87.7 Å². The molecule has 5 heteroatoms. The van der Waals surface area contributed by atoms with Crippen molar-refractivity contribution < 1.29 is 4.39 Å². The summed E-state index contributed by atoms with van der Waals surface area (Å²) < 4.78 is 11.9. The number of alkyl halides is 1. The van der Waals surface area contributed by atoms with Crippen LogP contribution in [0.2, 0.25) is 5.15 Å². The molecule has 13 heavy (non-hydrogen) atoms. The summed E-state index contributed by atoms with van der Waals surface area (Å²) in [5.41, 5.74) is 6.35. The molecule has 0 amide bonds. The van der Waals surface area contributed by atoms with Crippen molar-refractivity contribution in [3.05, 3.63) is 29.0 Å². The zero-order valence-electron chi connectivity index (χ0n) is 6.91. The van der Waals surface area contributed by atoms with E-state index in [0.29, 0.717) is 10.7 Å². The van der Waals surface area contributed by atoms with Crippen molar-refractivity contribution in [1.29, 1.82) is 0 Å². The van der Waals surface area contributed by atoms with E-state index < -0.39 is 6.67 Å². The molecule has 0 radical (unpaired) electrons. The Hall–Kier alpha value is -0.380. The molecule has 0 aliphatic heterocycles. The normalized spacial score (nSPS) is 11.9. The summed E-state index contributed by atoms with van der Waals surface area (Å²) in [6, 6.07) is 3.14. The van der Waals surface area contributed by atoms with Gasteiger partial charge in [-0.15, -0.1) is 12.4 Å². The summed E-state index contributed by atoms with van der Waals surface area (Å²) in [6.07, 6.45) is 1.86. The minimum absolute atomic E-state index is 0. The molecule has 74 valence electrons. The average molecular weight is 225 g/mol. The highest BCUT2D eigenvalue weighted by molar-refractivity contribution is 6.30. The molecule has 0 aliphatic rings. The highest BCUT2D eigenvalue weighted by Crippen LogP contribution is 2.20. The summed E-state index contributed by atoms with van der Waals surface area (Å²) in [4.78, 5) is 3.85. The number of nitrogens with two attached hydrogens (primary N) is 1. The van der Waals surface area contributed by atoms with Gasteiger partial charge in [-0.1, -0.05) is 17.7 Å². The molecule has 1 atom stereocenters. The second-order valence-corrected chi connectivity index (χ2v) is 2.83. The fourth-order valence-electron chi connectivity index (χ4n) is 0.948. The van der Waals surface area contributed by atoms with Gasteiger partial charge >= 0.3 is 0 Å². The van der Waals surface area contributed by atoms with Gasteiger partial charge in [-0.3, -0.25) is 4.39 Å². The Kier molecular flexibility index (Phi) is 5.95. The van der Waals surface area contributed by atoms with Crippen LogP contribution in [-0.2, 0) is 0 Å². The first-order chi connectivity index (χ1) is 5.75. The van der Waals surface area contributed by atoms with E-state index in [4.69, 9.17) is 17.3 Å². The van der Waals surface area contributed by atoms with E-state index in [9.17, 15) is 4.39 Å². The van der Waals surface area contributed by atoms with Crippen molar-refractivity contribution in [1.82, 2.24) is 4.98 Å². The summed E-state index contributed by atoms with van der Waals surface area (Å²) in [6.45, 7) is -0.438.